The summed E-state index contributed by atoms with van der Waals surface area (Å²) in [5, 5.41) is 14.0. The maximum atomic E-state index is 9.59. The number of aromatic hydroxyl groups is 1. The topological polar surface area (TPSA) is 32.3 Å². The van der Waals surface area contributed by atoms with Crippen molar-refractivity contribution in [3.63, 3.8) is 0 Å². The summed E-state index contributed by atoms with van der Waals surface area (Å²) in [5.41, 5.74) is 1.24. The van der Waals surface area contributed by atoms with Crippen LogP contribution < -0.4 is 5.32 Å². The van der Waals surface area contributed by atoms with Crippen LogP contribution in [0.5, 0.6) is 5.75 Å². The summed E-state index contributed by atoms with van der Waals surface area (Å²) in [6.45, 7) is 3.30. The Bertz CT molecular complexity index is 377. The molecule has 1 heterocycles. The molecular weight excluding hydrogens is 254 g/mol. The minimum absolute atomic E-state index is 0.378. The van der Waals surface area contributed by atoms with E-state index < -0.39 is 0 Å². The first kappa shape index (κ1) is 14.7. The predicted molar refractivity (Wildman–Crippen MR) is 84.0 cm³/mol. The van der Waals surface area contributed by atoms with E-state index >= 15 is 0 Å². The fraction of sp³-hybridized carbons (Fsp3) is 0.625. The van der Waals surface area contributed by atoms with E-state index in [1.54, 1.807) is 6.07 Å². The standard InChI is InChI=1S/C16H25NOS/c1-2-9-17-15(16-8-3-4-10-19-16)12-13-6-5-7-14(18)11-13/h5-7,11,15-18H,2-4,8-10,12H2,1H3. The van der Waals surface area contributed by atoms with E-state index in [4.69, 9.17) is 0 Å². The van der Waals surface area contributed by atoms with Gasteiger partial charge in [-0.05, 0) is 55.7 Å². The second-order valence-electron chi connectivity index (χ2n) is 5.34. The Labute approximate surface area is 121 Å². The molecule has 19 heavy (non-hydrogen) atoms. The molecule has 2 unspecified atom stereocenters. The van der Waals surface area contributed by atoms with Crippen molar-refractivity contribution in [3.05, 3.63) is 29.8 Å². The molecule has 2 rings (SSSR count). The average molecular weight is 279 g/mol. The summed E-state index contributed by atoms with van der Waals surface area (Å²) >= 11 is 2.12. The van der Waals surface area contributed by atoms with Gasteiger partial charge in [0.25, 0.3) is 0 Å². The Morgan fingerprint density at radius 1 is 1.42 bits per heavy atom. The summed E-state index contributed by atoms with van der Waals surface area (Å²) in [6, 6.07) is 8.23. The molecule has 0 radical (unpaired) electrons. The Kier molecular flexibility index (Phi) is 6.05. The molecule has 0 aromatic heterocycles. The van der Waals surface area contributed by atoms with Gasteiger partial charge in [-0.25, -0.2) is 0 Å². The second kappa shape index (κ2) is 7.81. The summed E-state index contributed by atoms with van der Waals surface area (Å²) in [5.74, 6) is 1.68. The van der Waals surface area contributed by atoms with Crippen LogP contribution in [0.25, 0.3) is 0 Å². The predicted octanol–water partition coefficient (Wildman–Crippen LogP) is 3.59. The van der Waals surface area contributed by atoms with E-state index in [2.05, 4.69) is 30.1 Å². The van der Waals surface area contributed by atoms with Crippen molar-refractivity contribution in [2.75, 3.05) is 12.3 Å². The summed E-state index contributed by atoms with van der Waals surface area (Å²) in [7, 11) is 0. The van der Waals surface area contributed by atoms with Crippen LogP contribution in [-0.2, 0) is 6.42 Å². The smallest absolute Gasteiger partial charge is 0.115 e. The monoisotopic (exact) mass is 279 g/mol. The van der Waals surface area contributed by atoms with E-state index in [1.165, 1.54) is 37.0 Å². The van der Waals surface area contributed by atoms with Crippen molar-refractivity contribution in [2.45, 2.75) is 50.3 Å². The molecule has 0 spiro atoms. The molecule has 1 aromatic rings. The molecule has 0 amide bonds. The molecule has 2 atom stereocenters. The van der Waals surface area contributed by atoms with Crippen LogP contribution in [-0.4, -0.2) is 28.7 Å². The Morgan fingerprint density at radius 2 is 2.32 bits per heavy atom. The molecule has 1 fully saturated rings. The quantitative estimate of drug-likeness (QED) is 0.834. The third kappa shape index (κ3) is 4.73. The van der Waals surface area contributed by atoms with Crippen LogP contribution in [0, 0.1) is 0 Å². The molecule has 2 N–H and O–H groups in total. The fourth-order valence-electron chi connectivity index (χ4n) is 2.69. The van der Waals surface area contributed by atoms with Crippen LogP contribution in [0.2, 0.25) is 0 Å². The van der Waals surface area contributed by atoms with Gasteiger partial charge in [0.05, 0.1) is 0 Å². The zero-order valence-corrected chi connectivity index (χ0v) is 12.6. The largest absolute Gasteiger partial charge is 0.508 e. The Balaban J connectivity index is 1.99. The number of nitrogens with one attached hydrogen (secondary N) is 1. The molecule has 0 bridgehead atoms. The van der Waals surface area contributed by atoms with Crippen LogP contribution >= 0.6 is 11.8 Å². The molecule has 2 nitrogen and oxygen atoms in total. The summed E-state index contributed by atoms with van der Waals surface area (Å²) in [4.78, 5) is 0. The Hall–Kier alpha value is -0.670. The average Bonchev–Trinajstić information content (AvgIpc) is 2.44. The van der Waals surface area contributed by atoms with Gasteiger partial charge >= 0.3 is 0 Å². The van der Waals surface area contributed by atoms with Crippen molar-refractivity contribution < 1.29 is 5.11 Å². The number of hydrogen-bond acceptors (Lipinski definition) is 3. The molecule has 1 aliphatic heterocycles. The van der Waals surface area contributed by atoms with Gasteiger partial charge in [0, 0.05) is 11.3 Å². The van der Waals surface area contributed by atoms with Crippen molar-refractivity contribution in [3.8, 4) is 5.75 Å². The van der Waals surface area contributed by atoms with Gasteiger partial charge in [-0.3, -0.25) is 0 Å². The van der Waals surface area contributed by atoms with Gasteiger partial charge in [-0.1, -0.05) is 25.5 Å². The second-order valence-corrected chi connectivity index (χ2v) is 6.69. The normalized spacial score (nSPS) is 21.2. The molecule has 0 saturated carbocycles. The third-order valence-electron chi connectivity index (χ3n) is 3.69. The van der Waals surface area contributed by atoms with Gasteiger partial charge in [-0.2, -0.15) is 11.8 Å². The first-order chi connectivity index (χ1) is 9.29. The molecule has 106 valence electrons. The maximum absolute atomic E-state index is 9.59. The number of benzene rings is 1. The highest BCUT2D eigenvalue weighted by atomic mass is 32.2. The zero-order valence-electron chi connectivity index (χ0n) is 11.8. The van der Waals surface area contributed by atoms with Crippen molar-refractivity contribution in [1.82, 2.24) is 5.32 Å². The van der Waals surface area contributed by atoms with Gasteiger partial charge < -0.3 is 10.4 Å². The van der Waals surface area contributed by atoms with E-state index in [0.29, 0.717) is 11.8 Å². The lowest BCUT2D eigenvalue weighted by molar-refractivity contribution is 0.456. The van der Waals surface area contributed by atoms with E-state index in [9.17, 15) is 5.11 Å². The van der Waals surface area contributed by atoms with Crippen molar-refractivity contribution in [2.24, 2.45) is 0 Å². The first-order valence-corrected chi connectivity index (χ1v) is 8.47. The van der Waals surface area contributed by atoms with Crippen LogP contribution in [0.1, 0.15) is 38.2 Å². The number of thioether (sulfide) groups is 1. The lowest BCUT2D eigenvalue weighted by atomic mass is 9.99. The highest BCUT2D eigenvalue weighted by Gasteiger charge is 2.23. The number of hydrogen-bond donors (Lipinski definition) is 2. The van der Waals surface area contributed by atoms with Crippen molar-refractivity contribution >= 4 is 11.8 Å². The van der Waals surface area contributed by atoms with Crippen LogP contribution in [0.3, 0.4) is 0 Å². The van der Waals surface area contributed by atoms with E-state index in [-0.39, 0.29) is 0 Å². The minimum Gasteiger partial charge on any atom is -0.508 e. The van der Waals surface area contributed by atoms with Crippen molar-refractivity contribution in [1.29, 1.82) is 0 Å². The fourth-order valence-corrected chi connectivity index (χ4v) is 4.12. The van der Waals surface area contributed by atoms with E-state index in [1.807, 2.05) is 12.1 Å². The lowest BCUT2D eigenvalue weighted by Crippen LogP contribution is -2.41. The zero-order chi connectivity index (χ0) is 13.5. The van der Waals surface area contributed by atoms with Crippen LogP contribution in [0.15, 0.2) is 24.3 Å². The number of rotatable bonds is 6. The Morgan fingerprint density at radius 3 is 3.00 bits per heavy atom. The summed E-state index contributed by atoms with van der Waals surface area (Å²) in [6.07, 6.45) is 6.25. The molecule has 1 saturated heterocycles. The van der Waals surface area contributed by atoms with Gasteiger partial charge in [0.15, 0.2) is 0 Å². The molecule has 1 aliphatic rings. The van der Waals surface area contributed by atoms with Gasteiger partial charge in [-0.15, -0.1) is 0 Å². The first-order valence-electron chi connectivity index (χ1n) is 7.42. The highest BCUT2D eigenvalue weighted by molar-refractivity contribution is 8.00. The SMILES string of the molecule is CCCNC(Cc1cccc(O)c1)C1CCCCS1. The number of phenols is 1. The lowest BCUT2D eigenvalue weighted by Gasteiger charge is -2.31. The molecular formula is C16H25NOS. The minimum atomic E-state index is 0.378. The van der Waals surface area contributed by atoms with Gasteiger partial charge in [0.1, 0.15) is 5.75 Å². The molecule has 1 aromatic carbocycles. The molecule has 0 aliphatic carbocycles. The maximum Gasteiger partial charge on any atom is 0.115 e. The third-order valence-corrected chi connectivity index (χ3v) is 5.20. The van der Waals surface area contributed by atoms with Crippen LogP contribution in [0.4, 0.5) is 0 Å². The van der Waals surface area contributed by atoms with Gasteiger partial charge in [0.2, 0.25) is 0 Å². The number of phenolic OH excluding ortho intramolecular Hbond substituents is 1. The molecule has 3 heteroatoms. The van der Waals surface area contributed by atoms with E-state index in [0.717, 1.165) is 18.2 Å². The summed E-state index contributed by atoms with van der Waals surface area (Å²) < 4.78 is 0. The highest BCUT2D eigenvalue weighted by Crippen LogP contribution is 2.29.